The predicted molar refractivity (Wildman–Crippen MR) is 82.6 cm³/mol. The van der Waals surface area contributed by atoms with E-state index in [2.05, 4.69) is 22.0 Å². The van der Waals surface area contributed by atoms with Crippen molar-refractivity contribution >= 4 is 15.9 Å². The SMILES string of the molecule is OC(Cc1cc(F)ccc1Br)C1OCCc2ccccc21. The molecule has 2 aromatic carbocycles. The van der Waals surface area contributed by atoms with E-state index in [0.717, 1.165) is 22.0 Å². The lowest BCUT2D eigenvalue weighted by atomic mass is 9.92. The first-order valence-electron chi connectivity index (χ1n) is 6.96. The predicted octanol–water partition coefficient (Wildman–Crippen LogP) is 3.81. The van der Waals surface area contributed by atoms with E-state index in [4.69, 9.17) is 4.74 Å². The van der Waals surface area contributed by atoms with Gasteiger partial charge in [0.2, 0.25) is 0 Å². The van der Waals surface area contributed by atoms with Gasteiger partial charge in [0.05, 0.1) is 12.7 Å². The molecule has 110 valence electrons. The molecule has 0 aliphatic carbocycles. The number of ether oxygens (including phenoxy) is 1. The molecule has 21 heavy (non-hydrogen) atoms. The maximum Gasteiger partial charge on any atom is 0.123 e. The minimum absolute atomic E-state index is 0.301. The van der Waals surface area contributed by atoms with E-state index in [9.17, 15) is 9.50 Å². The van der Waals surface area contributed by atoms with Gasteiger partial charge in [0.1, 0.15) is 11.9 Å². The topological polar surface area (TPSA) is 29.5 Å². The fourth-order valence-electron chi connectivity index (χ4n) is 2.78. The number of rotatable bonds is 3. The average Bonchev–Trinajstić information content (AvgIpc) is 2.50. The quantitative estimate of drug-likeness (QED) is 0.911. The average molecular weight is 351 g/mol. The Hall–Kier alpha value is -1.23. The number of fused-ring (bicyclic) bond motifs is 1. The van der Waals surface area contributed by atoms with E-state index in [1.54, 1.807) is 6.07 Å². The molecule has 1 heterocycles. The van der Waals surface area contributed by atoms with Crippen LogP contribution >= 0.6 is 15.9 Å². The minimum atomic E-state index is -0.704. The zero-order chi connectivity index (χ0) is 14.8. The second kappa shape index (κ2) is 6.26. The molecule has 2 aromatic rings. The summed E-state index contributed by atoms with van der Waals surface area (Å²) < 4.78 is 19.9. The van der Waals surface area contributed by atoms with Crippen LogP contribution in [0, 0.1) is 5.82 Å². The summed E-state index contributed by atoms with van der Waals surface area (Å²) >= 11 is 3.40. The molecule has 4 heteroatoms. The summed E-state index contributed by atoms with van der Waals surface area (Å²) in [5.74, 6) is -0.301. The molecule has 2 nitrogen and oxygen atoms in total. The third-order valence-electron chi connectivity index (χ3n) is 3.82. The van der Waals surface area contributed by atoms with Crippen LogP contribution < -0.4 is 0 Å². The molecule has 0 bridgehead atoms. The van der Waals surface area contributed by atoms with Crippen LogP contribution in [-0.2, 0) is 17.6 Å². The van der Waals surface area contributed by atoms with Crippen LogP contribution in [0.15, 0.2) is 46.9 Å². The van der Waals surface area contributed by atoms with Gasteiger partial charge in [-0.2, -0.15) is 0 Å². The van der Waals surface area contributed by atoms with Gasteiger partial charge in [-0.3, -0.25) is 0 Å². The van der Waals surface area contributed by atoms with Crippen LogP contribution in [0.3, 0.4) is 0 Å². The van der Waals surface area contributed by atoms with E-state index in [-0.39, 0.29) is 11.9 Å². The van der Waals surface area contributed by atoms with Crippen LogP contribution in [-0.4, -0.2) is 17.8 Å². The molecule has 0 spiro atoms. The summed E-state index contributed by atoms with van der Waals surface area (Å²) in [4.78, 5) is 0. The summed E-state index contributed by atoms with van der Waals surface area (Å²) in [5, 5.41) is 10.5. The van der Waals surface area contributed by atoms with E-state index in [0.29, 0.717) is 13.0 Å². The van der Waals surface area contributed by atoms with Gasteiger partial charge in [0, 0.05) is 10.9 Å². The van der Waals surface area contributed by atoms with Crippen molar-refractivity contribution < 1.29 is 14.2 Å². The molecule has 1 aliphatic heterocycles. The molecule has 2 unspecified atom stereocenters. The maximum atomic E-state index is 13.3. The zero-order valence-electron chi connectivity index (χ0n) is 11.4. The minimum Gasteiger partial charge on any atom is -0.390 e. The van der Waals surface area contributed by atoms with Gasteiger partial charge >= 0.3 is 0 Å². The van der Waals surface area contributed by atoms with Crippen molar-refractivity contribution in [3.63, 3.8) is 0 Å². The number of benzene rings is 2. The first kappa shape index (κ1) is 14.7. The summed E-state index contributed by atoms with van der Waals surface area (Å²) in [5.41, 5.74) is 2.99. The van der Waals surface area contributed by atoms with E-state index < -0.39 is 6.10 Å². The highest BCUT2D eigenvalue weighted by Crippen LogP contribution is 2.32. The lowest BCUT2D eigenvalue weighted by molar-refractivity contribution is -0.0461. The monoisotopic (exact) mass is 350 g/mol. The molecule has 0 amide bonds. The van der Waals surface area contributed by atoms with Crippen LogP contribution in [0.2, 0.25) is 0 Å². The Balaban J connectivity index is 1.83. The second-order valence-corrected chi connectivity index (χ2v) is 6.10. The van der Waals surface area contributed by atoms with Gasteiger partial charge in [-0.25, -0.2) is 4.39 Å². The van der Waals surface area contributed by atoms with Crippen molar-refractivity contribution in [2.45, 2.75) is 25.0 Å². The van der Waals surface area contributed by atoms with E-state index in [1.165, 1.54) is 17.7 Å². The van der Waals surface area contributed by atoms with E-state index >= 15 is 0 Å². The molecule has 0 saturated carbocycles. The number of hydrogen-bond acceptors (Lipinski definition) is 2. The molecule has 1 N–H and O–H groups in total. The molecule has 0 saturated heterocycles. The van der Waals surface area contributed by atoms with Crippen molar-refractivity contribution in [2.24, 2.45) is 0 Å². The molecule has 3 rings (SSSR count). The Morgan fingerprint density at radius 1 is 1.29 bits per heavy atom. The largest absolute Gasteiger partial charge is 0.390 e. The van der Waals surface area contributed by atoms with Crippen LogP contribution in [0.1, 0.15) is 22.8 Å². The number of hydrogen-bond donors (Lipinski definition) is 1. The summed E-state index contributed by atoms with van der Waals surface area (Å²) in [7, 11) is 0. The molecule has 0 fully saturated rings. The normalized spacial score (nSPS) is 19.1. The Morgan fingerprint density at radius 3 is 2.95 bits per heavy atom. The van der Waals surface area contributed by atoms with Gasteiger partial charge < -0.3 is 9.84 Å². The van der Waals surface area contributed by atoms with Gasteiger partial charge in [-0.05, 0) is 41.3 Å². The Bertz CT molecular complexity index is 644. The Labute approximate surface area is 131 Å². The molecule has 0 aromatic heterocycles. The number of aliphatic hydroxyl groups excluding tert-OH is 1. The Kier molecular flexibility index (Phi) is 4.38. The van der Waals surface area contributed by atoms with Crippen molar-refractivity contribution in [3.8, 4) is 0 Å². The molecular formula is C17H16BrFO2. The van der Waals surface area contributed by atoms with Crippen LogP contribution in [0.25, 0.3) is 0 Å². The summed E-state index contributed by atoms with van der Waals surface area (Å²) in [6.07, 6.45) is 0.148. The first-order valence-corrected chi connectivity index (χ1v) is 7.76. The molecule has 2 atom stereocenters. The van der Waals surface area contributed by atoms with Gasteiger partial charge in [0.25, 0.3) is 0 Å². The molecular weight excluding hydrogens is 335 g/mol. The van der Waals surface area contributed by atoms with Crippen LogP contribution in [0.5, 0.6) is 0 Å². The standard InChI is InChI=1S/C17H16BrFO2/c18-15-6-5-13(19)9-12(15)10-16(20)17-14-4-2-1-3-11(14)7-8-21-17/h1-6,9,16-17,20H,7-8,10H2. The second-order valence-electron chi connectivity index (χ2n) is 5.25. The Morgan fingerprint density at radius 2 is 2.10 bits per heavy atom. The van der Waals surface area contributed by atoms with Crippen molar-refractivity contribution in [3.05, 3.63) is 69.4 Å². The maximum absolute atomic E-state index is 13.3. The van der Waals surface area contributed by atoms with Crippen molar-refractivity contribution in [2.75, 3.05) is 6.61 Å². The molecule has 0 radical (unpaired) electrons. The highest BCUT2D eigenvalue weighted by atomic mass is 79.9. The van der Waals surface area contributed by atoms with E-state index in [1.807, 2.05) is 18.2 Å². The lowest BCUT2D eigenvalue weighted by Gasteiger charge is -2.30. The third-order valence-corrected chi connectivity index (χ3v) is 4.59. The highest BCUT2D eigenvalue weighted by Gasteiger charge is 2.27. The summed E-state index contributed by atoms with van der Waals surface area (Å²) in [6, 6.07) is 12.5. The number of aliphatic hydroxyl groups is 1. The smallest absolute Gasteiger partial charge is 0.123 e. The molecule has 1 aliphatic rings. The highest BCUT2D eigenvalue weighted by molar-refractivity contribution is 9.10. The fraction of sp³-hybridized carbons (Fsp3) is 0.294. The van der Waals surface area contributed by atoms with Gasteiger partial charge in [-0.15, -0.1) is 0 Å². The van der Waals surface area contributed by atoms with Crippen molar-refractivity contribution in [1.82, 2.24) is 0 Å². The summed E-state index contributed by atoms with van der Waals surface area (Å²) in [6.45, 7) is 0.600. The zero-order valence-corrected chi connectivity index (χ0v) is 13.0. The third kappa shape index (κ3) is 3.18. The lowest BCUT2D eigenvalue weighted by Crippen LogP contribution is -2.28. The van der Waals surface area contributed by atoms with Gasteiger partial charge in [0.15, 0.2) is 0 Å². The van der Waals surface area contributed by atoms with Crippen molar-refractivity contribution in [1.29, 1.82) is 0 Å². The van der Waals surface area contributed by atoms with Crippen LogP contribution in [0.4, 0.5) is 4.39 Å². The first-order chi connectivity index (χ1) is 10.1. The number of halogens is 2. The fourth-order valence-corrected chi connectivity index (χ4v) is 3.18. The van der Waals surface area contributed by atoms with Gasteiger partial charge in [-0.1, -0.05) is 40.2 Å².